The predicted molar refractivity (Wildman–Crippen MR) is 128 cm³/mol. The van der Waals surface area contributed by atoms with Gasteiger partial charge in [0, 0.05) is 37.9 Å². The molecule has 0 fully saturated rings. The van der Waals surface area contributed by atoms with E-state index in [1.165, 1.54) is 0 Å². The molecule has 0 saturated carbocycles. The number of hydrogen-bond donors (Lipinski definition) is 0. The summed E-state index contributed by atoms with van der Waals surface area (Å²) in [7, 11) is 0. The van der Waals surface area contributed by atoms with Crippen molar-refractivity contribution < 1.29 is 0 Å². The van der Waals surface area contributed by atoms with Gasteiger partial charge in [0.15, 0.2) is 9.54 Å². The van der Waals surface area contributed by atoms with Gasteiger partial charge in [0.25, 0.3) is 0 Å². The largest absolute Gasteiger partial charge is 0.323 e. The second-order valence-electron chi connectivity index (χ2n) is 10.4. The zero-order valence-electron chi connectivity index (χ0n) is 18.9. The quantitative estimate of drug-likeness (QED) is 0.442. The Morgan fingerprint density at radius 2 is 1.03 bits per heavy atom. The van der Waals surface area contributed by atoms with E-state index in [0.29, 0.717) is 13.1 Å². The van der Waals surface area contributed by atoms with Crippen LogP contribution in [0.4, 0.5) is 0 Å². The molecule has 30 heavy (non-hydrogen) atoms. The first kappa shape index (κ1) is 22.7. The van der Waals surface area contributed by atoms with Gasteiger partial charge in [0.2, 0.25) is 0 Å². The topological polar surface area (TPSA) is 32.6 Å². The molecule has 0 bridgehead atoms. The molecule has 0 saturated heterocycles. The second kappa shape index (κ2) is 8.63. The lowest BCUT2D eigenvalue weighted by Gasteiger charge is -2.18. The van der Waals surface area contributed by atoms with Crippen molar-refractivity contribution >= 4 is 24.4 Å². The van der Waals surface area contributed by atoms with Gasteiger partial charge in [-0.25, -0.2) is 0 Å². The number of nitrogens with zero attached hydrogens (tertiary/aromatic N) is 5. The highest BCUT2D eigenvalue weighted by molar-refractivity contribution is 7.71. The molecule has 0 radical (unpaired) electrons. The van der Waals surface area contributed by atoms with Gasteiger partial charge in [0.1, 0.15) is 0 Å². The van der Waals surface area contributed by atoms with Crippen LogP contribution in [0.15, 0.2) is 43.0 Å². The molecule has 0 spiro atoms. The van der Waals surface area contributed by atoms with Crippen molar-refractivity contribution in [2.75, 3.05) is 0 Å². The molecular formula is C23H33N5S2. The monoisotopic (exact) mass is 443 g/mol. The van der Waals surface area contributed by atoms with Crippen molar-refractivity contribution in [1.29, 1.82) is 0 Å². The van der Waals surface area contributed by atoms with E-state index in [1.54, 1.807) is 0 Å². The van der Waals surface area contributed by atoms with E-state index in [4.69, 9.17) is 29.4 Å². The Balaban J connectivity index is 1.75. The summed E-state index contributed by atoms with van der Waals surface area (Å²) in [5.41, 5.74) is 2.37. The first-order valence-electron chi connectivity index (χ1n) is 10.4. The average Bonchev–Trinajstić information content (AvgIpc) is 3.11. The van der Waals surface area contributed by atoms with Gasteiger partial charge in [0.05, 0.1) is 24.5 Å². The molecular weight excluding hydrogens is 410 g/mol. The Hall–Kier alpha value is -1.99. The minimum Gasteiger partial charge on any atom is -0.323 e. The van der Waals surface area contributed by atoms with Gasteiger partial charge in [-0.3, -0.25) is 4.98 Å². The summed E-state index contributed by atoms with van der Waals surface area (Å²) in [6.07, 6.45) is 8.22. The fourth-order valence-corrected chi connectivity index (χ4v) is 3.97. The first-order valence-corrected chi connectivity index (χ1v) is 11.2. The maximum absolute atomic E-state index is 5.67. The standard InChI is InChI=1S/C23H33N5S2/c1-22(2,3)16-27-12-10-25(20(27)29)14-18-8-7-9-19(24-18)15-26-11-13-28(21(26)30)17-23(4,5)6/h7-13H,14-17H2,1-6H3. The van der Waals surface area contributed by atoms with Crippen LogP contribution in [-0.4, -0.2) is 23.3 Å². The minimum absolute atomic E-state index is 0.186. The predicted octanol–water partition coefficient (Wildman–Crippen LogP) is 5.94. The zero-order chi connectivity index (χ0) is 22.1. The van der Waals surface area contributed by atoms with Crippen LogP contribution >= 0.6 is 24.4 Å². The summed E-state index contributed by atoms with van der Waals surface area (Å²) in [5, 5.41) is 0. The van der Waals surface area contributed by atoms with Crippen molar-refractivity contribution in [1.82, 2.24) is 23.3 Å². The van der Waals surface area contributed by atoms with Crippen LogP contribution in [0.2, 0.25) is 0 Å². The molecule has 3 heterocycles. The van der Waals surface area contributed by atoms with Gasteiger partial charge in [-0.1, -0.05) is 47.6 Å². The van der Waals surface area contributed by atoms with Gasteiger partial charge in [-0.05, 0) is 47.4 Å². The van der Waals surface area contributed by atoms with E-state index in [1.807, 2.05) is 12.4 Å². The Morgan fingerprint density at radius 1 is 0.667 bits per heavy atom. The summed E-state index contributed by atoms with van der Waals surface area (Å²) in [4.78, 5) is 4.86. The van der Waals surface area contributed by atoms with Gasteiger partial charge < -0.3 is 18.3 Å². The highest BCUT2D eigenvalue weighted by atomic mass is 32.1. The van der Waals surface area contributed by atoms with Gasteiger partial charge in [-0.15, -0.1) is 0 Å². The maximum Gasteiger partial charge on any atom is 0.180 e. The molecule has 3 aromatic heterocycles. The maximum atomic E-state index is 5.67. The Morgan fingerprint density at radius 3 is 1.40 bits per heavy atom. The third-order valence-electron chi connectivity index (χ3n) is 4.65. The van der Waals surface area contributed by atoms with E-state index in [-0.39, 0.29) is 10.8 Å². The van der Waals surface area contributed by atoms with Crippen LogP contribution in [-0.2, 0) is 26.2 Å². The number of rotatable bonds is 6. The Labute approximate surface area is 190 Å². The normalized spacial score (nSPS) is 12.5. The molecule has 0 amide bonds. The highest BCUT2D eigenvalue weighted by Gasteiger charge is 2.14. The average molecular weight is 444 g/mol. The van der Waals surface area contributed by atoms with Crippen molar-refractivity contribution in [2.45, 2.75) is 67.7 Å². The van der Waals surface area contributed by atoms with Crippen molar-refractivity contribution in [2.24, 2.45) is 10.8 Å². The van der Waals surface area contributed by atoms with E-state index < -0.39 is 0 Å². The summed E-state index contributed by atoms with van der Waals surface area (Å²) in [6, 6.07) is 6.16. The Kier molecular flexibility index (Phi) is 6.53. The lowest BCUT2D eigenvalue weighted by molar-refractivity contribution is 0.340. The van der Waals surface area contributed by atoms with Crippen LogP contribution in [0.25, 0.3) is 0 Å². The number of imidazole rings is 2. The molecule has 0 aromatic carbocycles. The van der Waals surface area contributed by atoms with Gasteiger partial charge >= 0.3 is 0 Å². The third kappa shape index (κ3) is 6.01. The minimum atomic E-state index is 0.186. The van der Waals surface area contributed by atoms with Crippen LogP contribution in [0.1, 0.15) is 52.9 Å². The molecule has 0 aliphatic heterocycles. The first-order chi connectivity index (χ1) is 13.9. The SMILES string of the molecule is CC(C)(C)Cn1ccn(Cc2cccc(Cn3ccn(CC(C)(C)C)c3=S)n2)c1=S. The fraction of sp³-hybridized carbons (Fsp3) is 0.522. The fourth-order valence-electron chi connectivity index (χ4n) is 3.46. The van der Waals surface area contributed by atoms with E-state index >= 15 is 0 Å². The lowest BCUT2D eigenvalue weighted by Crippen LogP contribution is -2.16. The van der Waals surface area contributed by atoms with Crippen LogP contribution < -0.4 is 0 Å². The van der Waals surface area contributed by atoms with Crippen molar-refractivity contribution in [3.05, 3.63) is 63.9 Å². The van der Waals surface area contributed by atoms with E-state index in [0.717, 1.165) is 34.0 Å². The molecule has 0 N–H and O–H groups in total. The van der Waals surface area contributed by atoms with Crippen LogP contribution in [0, 0.1) is 20.4 Å². The summed E-state index contributed by atoms with van der Waals surface area (Å²) in [5.74, 6) is 0. The van der Waals surface area contributed by atoms with Gasteiger partial charge in [-0.2, -0.15) is 0 Å². The summed E-state index contributed by atoms with van der Waals surface area (Å²) >= 11 is 11.3. The summed E-state index contributed by atoms with van der Waals surface area (Å²) in [6.45, 7) is 16.4. The van der Waals surface area contributed by atoms with E-state index in [9.17, 15) is 0 Å². The third-order valence-corrected chi connectivity index (χ3v) is 5.59. The van der Waals surface area contributed by atoms with Crippen molar-refractivity contribution in [3.8, 4) is 0 Å². The van der Waals surface area contributed by atoms with E-state index in [2.05, 4.69) is 90.4 Å². The zero-order valence-corrected chi connectivity index (χ0v) is 20.6. The number of pyridine rings is 1. The second-order valence-corrected chi connectivity index (χ2v) is 11.1. The number of hydrogen-bond acceptors (Lipinski definition) is 3. The Bertz CT molecular complexity index is 1030. The highest BCUT2D eigenvalue weighted by Crippen LogP contribution is 2.18. The molecule has 0 atom stereocenters. The van der Waals surface area contributed by atoms with Crippen LogP contribution in [0.5, 0.6) is 0 Å². The summed E-state index contributed by atoms with van der Waals surface area (Å²) < 4.78 is 10.1. The van der Waals surface area contributed by atoms with Crippen LogP contribution in [0.3, 0.4) is 0 Å². The van der Waals surface area contributed by atoms with Crippen molar-refractivity contribution in [3.63, 3.8) is 0 Å². The number of aromatic nitrogens is 5. The molecule has 162 valence electrons. The lowest BCUT2D eigenvalue weighted by atomic mass is 9.97. The molecule has 5 nitrogen and oxygen atoms in total. The molecule has 0 aliphatic rings. The molecule has 3 rings (SSSR count). The molecule has 0 aliphatic carbocycles. The molecule has 3 aromatic rings. The molecule has 0 unspecified atom stereocenters. The molecule has 7 heteroatoms. The smallest absolute Gasteiger partial charge is 0.180 e.